The maximum atomic E-state index is 13.0. The molecule has 0 aromatic heterocycles. The van der Waals surface area contributed by atoms with Gasteiger partial charge in [-0.1, -0.05) is 36.2 Å². The largest absolute Gasteiger partial charge is 0.338 e. The predicted octanol–water partition coefficient (Wildman–Crippen LogP) is 3.55. The van der Waals surface area contributed by atoms with E-state index in [1.807, 2.05) is 6.92 Å². The zero-order valence-corrected chi connectivity index (χ0v) is 16.9. The van der Waals surface area contributed by atoms with Crippen molar-refractivity contribution in [2.24, 2.45) is 0 Å². The Morgan fingerprint density at radius 2 is 2.00 bits per heavy atom. The minimum atomic E-state index is -1.28. The molecule has 1 aromatic carbocycles. The number of urea groups is 1. The summed E-state index contributed by atoms with van der Waals surface area (Å²) >= 11 is 12.0. The topological polar surface area (TPSA) is 69.7 Å². The minimum absolute atomic E-state index is 0.175. The Morgan fingerprint density at radius 1 is 1.26 bits per heavy atom. The van der Waals surface area contributed by atoms with E-state index in [1.165, 1.54) is 0 Å². The van der Waals surface area contributed by atoms with Crippen LogP contribution in [0.25, 0.3) is 0 Å². The van der Waals surface area contributed by atoms with Crippen molar-refractivity contribution in [1.29, 1.82) is 0 Å². The molecular formula is C19H23Cl2N3O3. The quantitative estimate of drug-likeness (QED) is 0.769. The standard InChI is InChI=1S/C19H23Cl2N3O3/c1-3-13-6-4-5-9-23(13)16(25)11-24-17(26)19(2,22-18(24)27)12-7-8-14(20)15(21)10-12/h7-8,10,13H,3-6,9,11H2,1-2H3,(H,22,27). The molecule has 2 atom stereocenters. The molecule has 146 valence electrons. The average Bonchev–Trinajstić information content (AvgIpc) is 2.87. The van der Waals surface area contributed by atoms with Gasteiger partial charge < -0.3 is 10.2 Å². The second-order valence-electron chi connectivity index (χ2n) is 7.22. The summed E-state index contributed by atoms with van der Waals surface area (Å²) < 4.78 is 0. The highest BCUT2D eigenvalue weighted by molar-refractivity contribution is 6.42. The van der Waals surface area contributed by atoms with Crippen LogP contribution in [0, 0.1) is 0 Å². The zero-order chi connectivity index (χ0) is 19.8. The molecule has 0 saturated carbocycles. The van der Waals surface area contributed by atoms with Gasteiger partial charge in [0.1, 0.15) is 12.1 Å². The molecule has 27 heavy (non-hydrogen) atoms. The van der Waals surface area contributed by atoms with Crippen molar-refractivity contribution in [2.75, 3.05) is 13.1 Å². The fourth-order valence-corrected chi connectivity index (χ4v) is 4.12. The Hall–Kier alpha value is -1.79. The number of amides is 4. The summed E-state index contributed by atoms with van der Waals surface area (Å²) in [4.78, 5) is 41.0. The summed E-state index contributed by atoms with van der Waals surface area (Å²) in [6.07, 6.45) is 3.88. The number of halogens is 2. The van der Waals surface area contributed by atoms with Crippen LogP contribution in [0.5, 0.6) is 0 Å². The van der Waals surface area contributed by atoms with Crippen LogP contribution in [0.1, 0.15) is 45.1 Å². The van der Waals surface area contributed by atoms with Crippen molar-refractivity contribution in [1.82, 2.24) is 15.1 Å². The first kappa shape index (κ1) is 20.0. The molecule has 2 aliphatic rings. The first-order valence-electron chi connectivity index (χ1n) is 9.17. The van der Waals surface area contributed by atoms with Crippen LogP contribution in [-0.4, -0.2) is 46.8 Å². The third-order valence-corrected chi connectivity index (χ3v) is 6.22. The number of hydrogen-bond acceptors (Lipinski definition) is 3. The van der Waals surface area contributed by atoms with Crippen molar-refractivity contribution < 1.29 is 14.4 Å². The molecular weight excluding hydrogens is 389 g/mol. The number of carbonyl (C=O) groups excluding carboxylic acids is 3. The molecule has 1 N–H and O–H groups in total. The van der Waals surface area contributed by atoms with Gasteiger partial charge in [-0.25, -0.2) is 4.79 Å². The van der Waals surface area contributed by atoms with E-state index in [1.54, 1.807) is 30.0 Å². The second-order valence-corrected chi connectivity index (χ2v) is 8.03. The van der Waals surface area contributed by atoms with Gasteiger partial charge >= 0.3 is 6.03 Å². The summed E-state index contributed by atoms with van der Waals surface area (Å²) in [6.45, 7) is 4.07. The number of carbonyl (C=O) groups is 3. The Kier molecular flexibility index (Phi) is 5.68. The van der Waals surface area contributed by atoms with Crippen LogP contribution in [0.3, 0.4) is 0 Å². The van der Waals surface area contributed by atoms with Crippen LogP contribution < -0.4 is 5.32 Å². The van der Waals surface area contributed by atoms with E-state index in [2.05, 4.69) is 5.32 Å². The van der Waals surface area contributed by atoms with Crippen molar-refractivity contribution in [2.45, 2.75) is 51.1 Å². The number of nitrogens with one attached hydrogen (secondary N) is 1. The maximum Gasteiger partial charge on any atom is 0.325 e. The maximum absolute atomic E-state index is 13.0. The number of likely N-dealkylation sites (tertiary alicyclic amines) is 1. The SMILES string of the molecule is CCC1CCCCN1C(=O)CN1C(=O)NC(C)(c2ccc(Cl)c(Cl)c2)C1=O. The predicted molar refractivity (Wildman–Crippen MR) is 104 cm³/mol. The molecule has 0 radical (unpaired) electrons. The molecule has 3 rings (SSSR count). The highest BCUT2D eigenvalue weighted by Crippen LogP contribution is 2.33. The Labute approximate surface area is 168 Å². The van der Waals surface area contributed by atoms with Crippen molar-refractivity contribution in [3.63, 3.8) is 0 Å². The van der Waals surface area contributed by atoms with E-state index in [0.29, 0.717) is 22.2 Å². The molecule has 2 fully saturated rings. The number of rotatable bonds is 4. The molecule has 0 spiro atoms. The molecule has 8 heteroatoms. The average molecular weight is 412 g/mol. The summed E-state index contributed by atoms with van der Waals surface area (Å²) in [7, 11) is 0. The fraction of sp³-hybridized carbons (Fsp3) is 0.526. The van der Waals surface area contributed by atoms with Crippen LogP contribution in [-0.2, 0) is 15.1 Å². The van der Waals surface area contributed by atoms with E-state index in [9.17, 15) is 14.4 Å². The molecule has 4 amide bonds. The van der Waals surface area contributed by atoms with Crippen LogP contribution in [0.4, 0.5) is 4.79 Å². The van der Waals surface area contributed by atoms with Gasteiger partial charge in [0.25, 0.3) is 5.91 Å². The minimum Gasteiger partial charge on any atom is -0.338 e. The first-order valence-corrected chi connectivity index (χ1v) is 9.92. The van der Waals surface area contributed by atoms with E-state index in [4.69, 9.17) is 23.2 Å². The van der Waals surface area contributed by atoms with Crippen molar-refractivity contribution in [3.8, 4) is 0 Å². The third kappa shape index (κ3) is 3.65. The molecule has 1 aromatic rings. The van der Waals surface area contributed by atoms with Crippen LogP contribution >= 0.6 is 23.2 Å². The molecule has 2 heterocycles. The lowest BCUT2D eigenvalue weighted by atomic mass is 9.92. The Bertz CT molecular complexity index is 785. The summed E-state index contributed by atoms with van der Waals surface area (Å²) in [6, 6.07) is 4.39. The fourth-order valence-electron chi connectivity index (χ4n) is 3.82. The van der Waals surface area contributed by atoms with Gasteiger partial charge in [0.05, 0.1) is 10.0 Å². The van der Waals surface area contributed by atoms with Crippen LogP contribution in [0.2, 0.25) is 10.0 Å². The van der Waals surface area contributed by atoms with Gasteiger partial charge in [-0.15, -0.1) is 0 Å². The second kappa shape index (κ2) is 7.68. The van der Waals surface area contributed by atoms with Gasteiger partial charge in [-0.3, -0.25) is 14.5 Å². The molecule has 6 nitrogen and oxygen atoms in total. The van der Waals surface area contributed by atoms with Crippen molar-refractivity contribution >= 4 is 41.0 Å². The lowest BCUT2D eigenvalue weighted by Gasteiger charge is -2.36. The zero-order valence-electron chi connectivity index (χ0n) is 15.4. The van der Waals surface area contributed by atoms with Gasteiger partial charge in [-0.05, 0) is 50.3 Å². The molecule has 2 saturated heterocycles. The molecule has 0 aliphatic carbocycles. The summed E-state index contributed by atoms with van der Waals surface area (Å²) in [5, 5.41) is 3.35. The monoisotopic (exact) mass is 411 g/mol. The number of imide groups is 1. The van der Waals surface area contributed by atoms with Gasteiger partial charge in [-0.2, -0.15) is 0 Å². The first-order chi connectivity index (χ1) is 12.8. The summed E-state index contributed by atoms with van der Waals surface area (Å²) in [5.41, 5.74) is -0.757. The summed E-state index contributed by atoms with van der Waals surface area (Å²) in [5.74, 6) is -0.660. The van der Waals surface area contributed by atoms with E-state index in [0.717, 1.165) is 30.6 Å². The number of hydrogen-bond donors (Lipinski definition) is 1. The Balaban J connectivity index is 1.79. The number of benzene rings is 1. The molecule has 2 aliphatic heterocycles. The van der Waals surface area contributed by atoms with Crippen molar-refractivity contribution in [3.05, 3.63) is 33.8 Å². The van der Waals surface area contributed by atoms with Gasteiger partial charge in [0.15, 0.2) is 0 Å². The molecule has 0 bridgehead atoms. The van der Waals surface area contributed by atoms with E-state index < -0.39 is 17.5 Å². The van der Waals surface area contributed by atoms with E-state index in [-0.39, 0.29) is 18.5 Å². The lowest BCUT2D eigenvalue weighted by molar-refractivity contribution is -0.141. The third-order valence-electron chi connectivity index (χ3n) is 5.48. The number of piperidine rings is 1. The molecule has 2 unspecified atom stereocenters. The highest BCUT2D eigenvalue weighted by atomic mass is 35.5. The normalized spacial score (nSPS) is 25.7. The smallest absolute Gasteiger partial charge is 0.325 e. The van der Waals surface area contributed by atoms with Gasteiger partial charge in [0.2, 0.25) is 5.91 Å². The lowest BCUT2D eigenvalue weighted by Crippen LogP contribution is -2.49. The van der Waals surface area contributed by atoms with Crippen LogP contribution in [0.15, 0.2) is 18.2 Å². The van der Waals surface area contributed by atoms with E-state index >= 15 is 0 Å². The Morgan fingerprint density at radius 3 is 2.67 bits per heavy atom. The number of nitrogens with zero attached hydrogens (tertiary/aromatic N) is 2. The van der Waals surface area contributed by atoms with Gasteiger partial charge in [0, 0.05) is 12.6 Å². The highest BCUT2D eigenvalue weighted by Gasteiger charge is 2.50.